The number of benzene rings is 1. The first-order valence-corrected chi connectivity index (χ1v) is 6.93. The number of rotatable bonds is 5. The zero-order valence-electron chi connectivity index (χ0n) is 10.7. The first kappa shape index (κ1) is 15.5. The molecule has 1 unspecified atom stereocenters. The van der Waals surface area contributed by atoms with E-state index in [1.165, 1.54) is 0 Å². The highest BCUT2D eigenvalue weighted by molar-refractivity contribution is 9.10. The molecule has 0 spiro atoms. The summed E-state index contributed by atoms with van der Waals surface area (Å²) >= 11 is 9.42. The van der Waals surface area contributed by atoms with Crippen molar-refractivity contribution in [3.63, 3.8) is 0 Å². The van der Waals surface area contributed by atoms with Crippen molar-refractivity contribution in [3.8, 4) is 0 Å². The van der Waals surface area contributed by atoms with E-state index in [9.17, 15) is 4.79 Å². The lowest BCUT2D eigenvalue weighted by molar-refractivity contribution is 0.0579. The average molecular weight is 335 g/mol. The maximum absolute atomic E-state index is 12.4. The second-order valence-corrected chi connectivity index (χ2v) is 5.34. The Labute approximate surface area is 121 Å². The van der Waals surface area contributed by atoms with Gasteiger partial charge < -0.3 is 9.64 Å². The van der Waals surface area contributed by atoms with Crippen molar-refractivity contribution in [2.24, 2.45) is 0 Å². The molecule has 18 heavy (non-hydrogen) atoms. The van der Waals surface area contributed by atoms with Crippen LogP contribution in [-0.4, -0.2) is 37.1 Å². The fourth-order valence-electron chi connectivity index (χ4n) is 1.80. The molecule has 1 amide bonds. The van der Waals surface area contributed by atoms with Crippen LogP contribution in [0.2, 0.25) is 5.02 Å². The highest BCUT2D eigenvalue weighted by Crippen LogP contribution is 2.23. The van der Waals surface area contributed by atoms with Crippen molar-refractivity contribution >= 4 is 33.4 Å². The van der Waals surface area contributed by atoms with Gasteiger partial charge in [-0.2, -0.15) is 0 Å². The Morgan fingerprint density at radius 3 is 2.78 bits per heavy atom. The number of halogens is 2. The molecule has 100 valence electrons. The van der Waals surface area contributed by atoms with Gasteiger partial charge in [0.2, 0.25) is 0 Å². The van der Waals surface area contributed by atoms with Crippen molar-refractivity contribution in [1.29, 1.82) is 0 Å². The van der Waals surface area contributed by atoms with Crippen LogP contribution in [0, 0.1) is 0 Å². The second kappa shape index (κ2) is 7.12. The number of methoxy groups -OCH3 is 1. The number of amides is 1. The molecular weight excluding hydrogens is 318 g/mol. The van der Waals surface area contributed by atoms with E-state index in [0.717, 1.165) is 4.47 Å². The molecule has 0 aromatic heterocycles. The number of likely N-dealkylation sites (N-methyl/N-ethyl adjacent to an activating group) is 1. The van der Waals surface area contributed by atoms with Crippen LogP contribution < -0.4 is 0 Å². The summed E-state index contributed by atoms with van der Waals surface area (Å²) in [7, 11) is 1.63. The molecule has 0 bridgehead atoms. The molecule has 0 N–H and O–H groups in total. The molecule has 0 fully saturated rings. The first-order valence-electron chi connectivity index (χ1n) is 5.76. The summed E-state index contributed by atoms with van der Waals surface area (Å²) in [5.74, 6) is -0.0756. The third-order valence-electron chi connectivity index (χ3n) is 2.70. The van der Waals surface area contributed by atoms with Gasteiger partial charge >= 0.3 is 0 Å². The van der Waals surface area contributed by atoms with Gasteiger partial charge in [0.25, 0.3) is 5.91 Å². The molecule has 1 atom stereocenters. The third-order valence-corrected chi connectivity index (χ3v) is 3.52. The standard InChI is InChI=1S/C13H17BrClNO2/c1-4-16(9(2)8-18-3)13(17)11-7-10(14)5-6-12(11)15/h5-7,9H,4,8H2,1-3H3. The van der Waals surface area contributed by atoms with Crippen LogP contribution in [0.3, 0.4) is 0 Å². The van der Waals surface area contributed by atoms with E-state index < -0.39 is 0 Å². The molecule has 3 nitrogen and oxygen atoms in total. The summed E-state index contributed by atoms with van der Waals surface area (Å²) < 4.78 is 5.93. The Balaban J connectivity index is 2.99. The van der Waals surface area contributed by atoms with Gasteiger partial charge in [-0.25, -0.2) is 0 Å². The Kier molecular flexibility index (Phi) is 6.12. The zero-order chi connectivity index (χ0) is 13.7. The summed E-state index contributed by atoms with van der Waals surface area (Å²) in [5.41, 5.74) is 0.510. The molecule has 1 rings (SSSR count). The lowest BCUT2D eigenvalue weighted by atomic mass is 10.1. The number of hydrogen-bond donors (Lipinski definition) is 0. The van der Waals surface area contributed by atoms with E-state index in [0.29, 0.717) is 23.7 Å². The predicted molar refractivity (Wildman–Crippen MR) is 77.2 cm³/mol. The number of carbonyl (C=O) groups excluding carboxylic acids is 1. The largest absolute Gasteiger partial charge is 0.383 e. The van der Waals surface area contributed by atoms with Gasteiger partial charge in [0.1, 0.15) is 0 Å². The van der Waals surface area contributed by atoms with Crippen LogP contribution >= 0.6 is 27.5 Å². The molecular formula is C13H17BrClNO2. The van der Waals surface area contributed by atoms with Crippen LogP contribution in [0.4, 0.5) is 0 Å². The maximum Gasteiger partial charge on any atom is 0.255 e. The Morgan fingerprint density at radius 2 is 2.22 bits per heavy atom. The van der Waals surface area contributed by atoms with E-state index in [-0.39, 0.29) is 11.9 Å². The van der Waals surface area contributed by atoms with Crippen molar-refractivity contribution in [3.05, 3.63) is 33.3 Å². The molecule has 0 radical (unpaired) electrons. The molecule has 0 aliphatic heterocycles. The third kappa shape index (κ3) is 3.70. The van der Waals surface area contributed by atoms with E-state index in [1.807, 2.05) is 19.9 Å². The van der Waals surface area contributed by atoms with Crippen molar-refractivity contribution in [1.82, 2.24) is 4.90 Å². The SMILES string of the molecule is CCN(C(=O)c1cc(Br)ccc1Cl)C(C)COC. The maximum atomic E-state index is 12.4. The second-order valence-electron chi connectivity index (χ2n) is 4.02. The average Bonchev–Trinajstić information content (AvgIpc) is 2.33. The van der Waals surface area contributed by atoms with Gasteiger partial charge in [0.05, 0.1) is 23.2 Å². The van der Waals surface area contributed by atoms with Crippen LogP contribution in [-0.2, 0) is 4.74 Å². The van der Waals surface area contributed by atoms with Gasteiger partial charge in [0.15, 0.2) is 0 Å². The van der Waals surface area contributed by atoms with E-state index in [2.05, 4.69) is 15.9 Å². The van der Waals surface area contributed by atoms with Gasteiger partial charge in [-0.3, -0.25) is 4.79 Å². The Bertz CT molecular complexity index is 425. The number of hydrogen-bond acceptors (Lipinski definition) is 2. The summed E-state index contributed by atoms with van der Waals surface area (Å²) in [6.45, 7) is 5.02. The smallest absolute Gasteiger partial charge is 0.255 e. The van der Waals surface area contributed by atoms with E-state index in [1.54, 1.807) is 24.1 Å². The lowest BCUT2D eigenvalue weighted by Crippen LogP contribution is -2.41. The minimum Gasteiger partial charge on any atom is -0.383 e. The quantitative estimate of drug-likeness (QED) is 0.823. The summed E-state index contributed by atoms with van der Waals surface area (Å²) in [5, 5.41) is 0.464. The van der Waals surface area contributed by atoms with E-state index >= 15 is 0 Å². The van der Waals surface area contributed by atoms with Gasteiger partial charge in [-0.15, -0.1) is 0 Å². The lowest BCUT2D eigenvalue weighted by Gasteiger charge is -2.28. The van der Waals surface area contributed by atoms with Gasteiger partial charge in [-0.1, -0.05) is 27.5 Å². The molecule has 5 heteroatoms. The number of nitrogens with zero attached hydrogens (tertiary/aromatic N) is 1. The summed E-state index contributed by atoms with van der Waals surface area (Å²) in [6.07, 6.45) is 0. The van der Waals surface area contributed by atoms with Gasteiger partial charge in [-0.05, 0) is 32.0 Å². The molecule has 0 saturated heterocycles. The Morgan fingerprint density at radius 1 is 1.56 bits per heavy atom. The van der Waals surface area contributed by atoms with Gasteiger partial charge in [0, 0.05) is 18.1 Å². The van der Waals surface area contributed by atoms with E-state index in [4.69, 9.17) is 16.3 Å². The van der Waals surface area contributed by atoms with Crippen LogP contribution in [0.15, 0.2) is 22.7 Å². The topological polar surface area (TPSA) is 29.5 Å². The predicted octanol–water partition coefficient (Wildman–Crippen LogP) is 3.60. The minimum atomic E-state index is -0.0756. The Hall–Kier alpha value is -0.580. The molecule has 0 saturated carbocycles. The van der Waals surface area contributed by atoms with Crippen molar-refractivity contribution in [2.45, 2.75) is 19.9 Å². The number of carbonyl (C=O) groups is 1. The zero-order valence-corrected chi connectivity index (χ0v) is 13.1. The highest BCUT2D eigenvalue weighted by atomic mass is 79.9. The highest BCUT2D eigenvalue weighted by Gasteiger charge is 2.22. The normalized spacial score (nSPS) is 12.3. The van der Waals surface area contributed by atoms with Crippen LogP contribution in [0.5, 0.6) is 0 Å². The fraction of sp³-hybridized carbons (Fsp3) is 0.462. The van der Waals surface area contributed by atoms with Crippen LogP contribution in [0.25, 0.3) is 0 Å². The summed E-state index contributed by atoms with van der Waals surface area (Å²) in [6, 6.07) is 5.29. The monoisotopic (exact) mass is 333 g/mol. The molecule has 1 aromatic carbocycles. The first-order chi connectivity index (χ1) is 8.51. The van der Waals surface area contributed by atoms with Crippen molar-refractivity contribution < 1.29 is 9.53 Å². The minimum absolute atomic E-state index is 0.0162. The summed E-state index contributed by atoms with van der Waals surface area (Å²) in [4.78, 5) is 14.2. The van der Waals surface area contributed by atoms with Crippen LogP contribution in [0.1, 0.15) is 24.2 Å². The molecule has 1 aromatic rings. The van der Waals surface area contributed by atoms with Crippen molar-refractivity contribution in [2.75, 3.05) is 20.3 Å². The molecule has 0 heterocycles. The number of ether oxygens (including phenoxy) is 1. The fourth-order valence-corrected chi connectivity index (χ4v) is 2.36. The molecule has 0 aliphatic rings. The molecule has 0 aliphatic carbocycles.